The minimum Gasteiger partial charge on any atom is -0.314 e. The van der Waals surface area contributed by atoms with Crippen LogP contribution in [0.15, 0.2) is 18.2 Å². The molecule has 0 N–H and O–H groups in total. The number of carbonyl (C=O) groups excluding carboxylic acids is 2. The van der Waals surface area contributed by atoms with Crippen molar-refractivity contribution in [2.45, 2.75) is 45.4 Å². The minimum absolute atomic E-state index is 0.142. The Morgan fingerprint density at radius 3 is 2.63 bits per heavy atom. The summed E-state index contributed by atoms with van der Waals surface area (Å²) >= 11 is 0. The number of amides is 1. The zero-order valence-corrected chi connectivity index (χ0v) is 12.1. The molecule has 0 unspecified atom stereocenters. The summed E-state index contributed by atoms with van der Waals surface area (Å²) in [6, 6.07) is 6.20. The second kappa shape index (κ2) is 4.80. The number of ketones is 1. The Hall–Kier alpha value is -1.64. The number of benzene rings is 1. The molecule has 0 radical (unpaired) electrons. The van der Waals surface area contributed by atoms with Gasteiger partial charge >= 0.3 is 0 Å². The highest BCUT2D eigenvalue weighted by molar-refractivity contribution is 6.07. The van der Waals surface area contributed by atoms with E-state index >= 15 is 0 Å². The van der Waals surface area contributed by atoms with E-state index in [1.54, 1.807) is 11.8 Å². The third-order valence-electron chi connectivity index (χ3n) is 3.93. The standard InChI is InChI=1S/C16H21NO2/c1-11(18)6-5-7-12-8-9-14-13(10-12)16(2,3)15(19)17(14)4/h8-10H,5-7H2,1-4H3. The Balaban J connectivity index is 2.23. The monoisotopic (exact) mass is 259 g/mol. The van der Waals surface area contributed by atoms with Crippen LogP contribution in [0, 0.1) is 0 Å². The van der Waals surface area contributed by atoms with Crippen LogP contribution in [0.3, 0.4) is 0 Å². The number of carbonyl (C=O) groups is 2. The van der Waals surface area contributed by atoms with Gasteiger partial charge in [0, 0.05) is 19.2 Å². The van der Waals surface area contributed by atoms with Crippen molar-refractivity contribution in [2.75, 3.05) is 11.9 Å². The SMILES string of the molecule is CC(=O)CCCc1ccc2c(c1)C(C)(C)C(=O)N2C. The molecule has 0 bridgehead atoms. The number of hydrogen-bond donors (Lipinski definition) is 0. The molecule has 0 saturated carbocycles. The van der Waals surface area contributed by atoms with E-state index in [0.717, 1.165) is 24.1 Å². The Labute approximate surface area is 114 Å². The van der Waals surface area contributed by atoms with Crippen LogP contribution in [0.4, 0.5) is 5.69 Å². The van der Waals surface area contributed by atoms with E-state index in [1.165, 1.54) is 5.56 Å². The Kier molecular flexibility index (Phi) is 3.48. The van der Waals surface area contributed by atoms with E-state index < -0.39 is 5.41 Å². The fraction of sp³-hybridized carbons (Fsp3) is 0.500. The second-order valence-corrected chi connectivity index (χ2v) is 5.90. The number of aryl methyl sites for hydroxylation is 1. The third kappa shape index (κ3) is 2.42. The molecule has 0 aromatic heterocycles. The largest absolute Gasteiger partial charge is 0.314 e. The highest BCUT2D eigenvalue weighted by atomic mass is 16.2. The van der Waals surface area contributed by atoms with Gasteiger partial charge in [0.15, 0.2) is 0 Å². The van der Waals surface area contributed by atoms with Crippen LogP contribution in [0.2, 0.25) is 0 Å². The molecule has 3 heteroatoms. The highest BCUT2D eigenvalue weighted by Crippen LogP contribution is 2.41. The lowest BCUT2D eigenvalue weighted by Gasteiger charge is -2.16. The molecule has 1 heterocycles. The van der Waals surface area contributed by atoms with Gasteiger partial charge in [-0.2, -0.15) is 0 Å². The molecule has 1 aromatic carbocycles. The summed E-state index contributed by atoms with van der Waals surface area (Å²) in [5.41, 5.74) is 2.86. The topological polar surface area (TPSA) is 37.4 Å². The maximum Gasteiger partial charge on any atom is 0.236 e. The molecule has 0 atom stereocenters. The van der Waals surface area contributed by atoms with Crippen LogP contribution in [-0.2, 0) is 21.4 Å². The first-order valence-corrected chi connectivity index (χ1v) is 6.75. The van der Waals surface area contributed by atoms with Crippen molar-refractivity contribution in [3.63, 3.8) is 0 Å². The summed E-state index contributed by atoms with van der Waals surface area (Å²) in [6.45, 7) is 5.56. The van der Waals surface area contributed by atoms with Crippen molar-refractivity contribution in [1.82, 2.24) is 0 Å². The lowest BCUT2D eigenvalue weighted by Crippen LogP contribution is -2.33. The molecule has 0 spiro atoms. The molecule has 2 rings (SSSR count). The number of hydrogen-bond acceptors (Lipinski definition) is 2. The molecule has 1 aliphatic heterocycles. The molecule has 1 aromatic rings. The molecule has 102 valence electrons. The van der Waals surface area contributed by atoms with Gasteiger partial charge in [0.05, 0.1) is 5.41 Å². The van der Waals surface area contributed by atoms with Crippen molar-refractivity contribution in [3.8, 4) is 0 Å². The number of rotatable bonds is 4. The summed E-state index contributed by atoms with van der Waals surface area (Å²) in [7, 11) is 1.82. The molecule has 0 aliphatic carbocycles. The molecular weight excluding hydrogens is 238 g/mol. The van der Waals surface area contributed by atoms with Crippen LogP contribution < -0.4 is 4.90 Å². The van der Waals surface area contributed by atoms with E-state index in [0.29, 0.717) is 6.42 Å². The fourth-order valence-corrected chi connectivity index (χ4v) is 2.72. The second-order valence-electron chi connectivity index (χ2n) is 5.90. The van der Waals surface area contributed by atoms with Crippen molar-refractivity contribution < 1.29 is 9.59 Å². The van der Waals surface area contributed by atoms with Gasteiger partial charge < -0.3 is 9.69 Å². The van der Waals surface area contributed by atoms with E-state index in [9.17, 15) is 9.59 Å². The van der Waals surface area contributed by atoms with Crippen LogP contribution in [0.25, 0.3) is 0 Å². The maximum absolute atomic E-state index is 12.2. The van der Waals surface area contributed by atoms with Crippen molar-refractivity contribution in [3.05, 3.63) is 29.3 Å². The summed E-state index contributed by atoms with van der Waals surface area (Å²) in [4.78, 5) is 24.9. The van der Waals surface area contributed by atoms with E-state index in [4.69, 9.17) is 0 Å². The van der Waals surface area contributed by atoms with Gasteiger partial charge in [-0.15, -0.1) is 0 Å². The van der Waals surface area contributed by atoms with E-state index in [-0.39, 0.29) is 11.7 Å². The van der Waals surface area contributed by atoms with Crippen molar-refractivity contribution in [2.24, 2.45) is 0 Å². The highest BCUT2D eigenvalue weighted by Gasteiger charge is 2.42. The zero-order valence-electron chi connectivity index (χ0n) is 12.1. The van der Waals surface area contributed by atoms with Gasteiger partial charge in [-0.25, -0.2) is 0 Å². The molecular formula is C16H21NO2. The molecule has 0 fully saturated rings. The van der Waals surface area contributed by atoms with Gasteiger partial charge in [0.25, 0.3) is 0 Å². The lowest BCUT2D eigenvalue weighted by atomic mass is 9.85. The van der Waals surface area contributed by atoms with Gasteiger partial charge in [0.1, 0.15) is 5.78 Å². The predicted molar refractivity (Wildman–Crippen MR) is 76.5 cm³/mol. The Bertz CT molecular complexity index is 532. The summed E-state index contributed by atoms with van der Waals surface area (Å²) in [5.74, 6) is 0.375. The smallest absolute Gasteiger partial charge is 0.236 e. The van der Waals surface area contributed by atoms with Crippen LogP contribution in [0.5, 0.6) is 0 Å². The Morgan fingerprint density at radius 1 is 1.32 bits per heavy atom. The quantitative estimate of drug-likeness (QED) is 0.833. The average molecular weight is 259 g/mol. The summed E-state index contributed by atoms with van der Waals surface area (Å²) < 4.78 is 0. The van der Waals surface area contributed by atoms with Gasteiger partial charge in [-0.3, -0.25) is 4.79 Å². The fourth-order valence-electron chi connectivity index (χ4n) is 2.72. The zero-order chi connectivity index (χ0) is 14.2. The van der Waals surface area contributed by atoms with Crippen molar-refractivity contribution >= 4 is 17.4 Å². The first-order valence-electron chi connectivity index (χ1n) is 6.75. The number of anilines is 1. The molecule has 1 aliphatic rings. The number of Topliss-reactive ketones (excluding diaryl/α,β-unsaturated/α-hetero) is 1. The summed E-state index contributed by atoms with van der Waals surface area (Å²) in [5, 5.41) is 0. The molecule has 19 heavy (non-hydrogen) atoms. The first kappa shape index (κ1) is 13.8. The molecule has 3 nitrogen and oxygen atoms in total. The van der Waals surface area contributed by atoms with Gasteiger partial charge in [0.2, 0.25) is 5.91 Å². The number of nitrogens with zero attached hydrogens (tertiary/aromatic N) is 1. The average Bonchev–Trinajstić information content (AvgIpc) is 2.51. The summed E-state index contributed by atoms with van der Waals surface area (Å²) in [6.07, 6.45) is 2.39. The normalized spacial score (nSPS) is 16.6. The van der Waals surface area contributed by atoms with Gasteiger partial charge in [-0.1, -0.05) is 12.1 Å². The molecule has 1 amide bonds. The van der Waals surface area contributed by atoms with Crippen molar-refractivity contribution in [1.29, 1.82) is 0 Å². The van der Waals surface area contributed by atoms with Crippen LogP contribution >= 0.6 is 0 Å². The third-order valence-corrected chi connectivity index (χ3v) is 3.93. The number of likely N-dealkylation sites (N-methyl/N-ethyl adjacent to an activating group) is 1. The maximum atomic E-state index is 12.2. The number of fused-ring (bicyclic) bond motifs is 1. The predicted octanol–water partition coefficient (Wildman–Crippen LogP) is 2.85. The lowest BCUT2D eigenvalue weighted by molar-refractivity contribution is -0.121. The van der Waals surface area contributed by atoms with Crippen LogP contribution in [-0.4, -0.2) is 18.7 Å². The first-order chi connectivity index (χ1) is 8.84. The van der Waals surface area contributed by atoms with Gasteiger partial charge in [-0.05, 0) is 50.8 Å². The molecule has 0 saturated heterocycles. The van der Waals surface area contributed by atoms with Crippen LogP contribution in [0.1, 0.15) is 44.7 Å². The Morgan fingerprint density at radius 2 is 2.00 bits per heavy atom. The van der Waals surface area contributed by atoms with E-state index in [2.05, 4.69) is 12.1 Å². The minimum atomic E-state index is -0.444. The van der Waals surface area contributed by atoms with E-state index in [1.807, 2.05) is 27.0 Å².